The maximum absolute atomic E-state index is 11.8. The van der Waals surface area contributed by atoms with E-state index in [0.717, 1.165) is 117 Å². The molecule has 0 aromatic carbocycles. The highest BCUT2D eigenvalue weighted by atomic mass is 32.3. The molecule has 0 radical (unpaired) electrons. The van der Waals surface area contributed by atoms with Gasteiger partial charge in [-0.25, -0.2) is 17.7 Å². The Morgan fingerprint density at radius 1 is 0.505 bits per heavy atom. The van der Waals surface area contributed by atoms with Crippen LogP contribution < -0.4 is 32.7 Å². The van der Waals surface area contributed by atoms with Gasteiger partial charge in [0.15, 0.2) is 0 Å². The number of hydrogen-bond acceptors (Lipinski definition) is 17. The van der Waals surface area contributed by atoms with E-state index in [-0.39, 0.29) is 34.9 Å². The van der Waals surface area contributed by atoms with Gasteiger partial charge < -0.3 is 67.8 Å². The van der Waals surface area contributed by atoms with Crippen LogP contribution in [0.4, 0.5) is 0 Å². The number of nitrogens with two attached hydrogens (primary N) is 2. The number of fused-ring (bicyclic) bond motifs is 10. The highest BCUT2D eigenvalue weighted by molar-refractivity contribution is 7.81. The summed E-state index contributed by atoms with van der Waals surface area (Å²) in [4.78, 5) is 31.0. The summed E-state index contributed by atoms with van der Waals surface area (Å²) in [7, 11) is -13.5. The molecule has 0 aliphatic heterocycles. The quantitative estimate of drug-likeness (QED) is 0.0165. The fraction of sp³-hybridized carbons (Fsp3) is 0.986. The van der Waals surface area contributed by atoms with E-state index in [1.165, 1.54) is 96.8 Å². The van der Waals surface area contributed by atoms with Crippen LogP contribution in [0, 0.1) is 105 Å². The molecule has 0 amide bonds. The number of rotatable bonds is 33. The predicted molar refractivity (Wildman–Crippen MR) is 381 cm³/mol. The highest BCUT2D eigenvalue weighted by Crippen LogP contribution is 2.70. The normalized spacial score (nSPS) is 36.2. The lowest BCUT2D eigenvalue weighted by Gasteiger charge is -2.62. The average molecular weight is 1440 g/mol. The third-order valence-corrected chi connectivity index (χ3v) is 27.6. The van der Waals surface area contributed by atoms with Gasteiger partial charge in [-0.15, -0.1) is 0 Å². The summed E-state index contributed by atoms with van der Waals surface area (Å²) in [6.07, 6.45) is 26.3. The number of aliphatic carboxylic acids is 1. The maximum atomic E-state index is 11.8. The fourth-order valence-electron chi connectivity index (χ4n) is 21.4. The molecular formula is C71H139N6O17PS2. The van der Waals surface area contributed by atoms with Crippen LogP contribution in [0.3, 0.4) is 0 Å². The molecule has 0 aromatic rings. The number of aliphatic hydroxyl groups excluding tert-OH is 3. The average Bonchev–Trinajstić information content (AvgIpc) is 1.71. The molecule has 1 unspecified atom stereocenters. The molecule has 0 bridgehead atoms. The molecule has 23 nitrogen and oxygen atoms in total. The molecule has 8 aliphatic rings. The van der Waals surface area contributed by atoms with E-state index in [2.05, 4.69) is 62.8 Å². The van der Waals surface area contributed by atoms with Crippen molar-refractivity contribution in [3.63, 3.8) is 0 Å². The van der Waals surface area contributed by atoms with Gasteiger partial charge in [0.25, 0.3) is 0 Å². The van der Waals surface area contributed by atoms with Gasteiger partial charge in [-0.1, -0.05) is 69.2 Å². The van der Waals surface area contributed by atoms with E-state index in [1.807, 2.05) is 27.7 Å². The van der Waals surface area contributed by atoms with E-state index in [9.17, 15) is 40.9 Å². The summed E-state index contributed by atoms with van der Waals surface area (Å²) in [6.45, 7) is 31.7. The van der Waals surface area contributed by atoms with E-state index in [1.54, 1.807) is 0 Å². The largest absolute Gasteiger partial charge is 0.479 e. The molecule has 0 spiro atoms. The number of aliphatic hydroxyl groups is 3. The first kappa shape index (κ1) is 86.6. The zero-order valence-electron chi connectivity index (χ0n) is 61.4. The molecule has 0 heterocycles. The molecule has 26 heteroatoms. The number of phosphoric acid groups is 1. The third-order valence-electron chi connectivity index (χ3n) is 26.6. The molecule has 0 saturated heterocycles. The molecule has 8 saturated carbocycles. The second-order valence-electron chi connectivity index (χ2n) is 33.3. The van der Waals surface area contributed by atoms with Crippen molar-refractivity contribution in [3.8, 4) is 0 Å². The maximum Gasteiger partial charge on any atom is 0.466 e. The molecule has 8 aliphatic carbocycles. The Kier molecular flexibility index (Phi) is 34.7. The lowest BCUT2D eigenvalue weighted by Crippen LogP contribution is -2.59. The monoisotopic (exact) mass is 1440 g/mol. The molecule has 0 aromatic heterocycles. The first-order valence-electron chi connectivity index (χ1n) is 37.9. The van der Waals surface area contributed by atoms with Crippen molar-refractivity contribution in [1.82, 2.24) is 21.3 Å². The van der Waals surface area contributed by atoms with Crippen LogP contribution in [0.1, 0.15) is 243 Å². The van der Waals surface area contributed by atoms with Gasteiger partial charge in [-0.2, -0.15) is 16.8 Å². The number of nitrogens with one attached hydrogen (secondary N) is 4. The second-order valence-corrected chi connectivity index (χ2v) is 36.5. The first-order valence-corrected chi connectivity index (χ1v) is 42.2. The minimum atomic E-state index is -4.64. The lowest BCUT2D eigenvalue weighted by molar-refractivity contribution is -0.167. The molecule has 23 atom stereocenters. The van der Waals surface area contributed by atoms with E-state index in [4.69, 9.17) is 49.3 Å². The van der Waals surface area contributed by atoms with E-state index >= 15 is 0 Å². The van der Waals surface area contributed by atoms with Gasteiger partial charge in [-0.05, 0) is 331 Å². The number of carbonyl (C=O) groups is 1. The Morgan fingerprint density at radius 2 is 0.825 bits per heavy atom. The summed E-state index contributed by atoms with van der Waals surface area (Å²) in [5.41, 5.74) is 12.3. The van der Waals surface area contributed by atoms with Gasteiger partial charge in [0.1, 0.15) is 6.10 Å². The smallest absolute Gasteiger partial charge is 0.466 e. The SMILES string of the molecule is CC(C)[C@@H](CC[C@@H](C)[C@H]1CC[C@H]2[C@@H]3[C@H](O)C[C@H]4C[C@@H](NCCCNCCCCN)CC[C@]4(C)[C@H]3CC[C@]12C)OS(=O)(=O)O.CC(C)[C@@H](CC[C@@H](C)[C@H]1CC[C@H]2[C@@H]3[C@H](O)C[C@H]4C[C@@H](NCCCNCCCCN)CC[C@]4(C)[C@H]3CC[C@]12C)OS(=O)(=O)O.CC(O)C(=O)O.O=P(O)(O)O. The van der Waals surface area contributed by atoms with Crippen LogP contribution in [-0.2, 0) is 38.5 Å². The Bertz CT molecular complexity index is 2450. The molecule has 572 valence electrons. The van der Waals surface area contributed by atoms with Crippen molar-refractivity contribution in [2.24, 2.45) is 116 Å². The topological polar surface area (TPSA) is 403 Å². The molecule has 97 heavy (non-hydrogen) atoms. The van der Waals surface area contributed by atoms with Gasteiger partial charge in [-0.3, -0.25) is 9.11 Å². The molecule has 8 fully saturated rings. The molecule has 8 rings (SSSR count). The minimum absolute atomic E-state index is 0.0152. The lowest BCUT2D eigenvalue weighted by atomic mass is 9.43. The summed E-state index contributed by atoms with van der Waals surface area (Å²) in [5.74, 6) is 5.24. The number of carboxylic acid groups (broad SMARTS) is 1. The van der Waals surface area contributed by atoms with Crippen molar-refractivity contribution in [3.05, 3.63) is 0 Å². The van der Waals surface area contributed by atoms with Crippen LogP contribution in [0.5, 0.6) is 0 Å². The molecular weight excluding hydrogens is 1300 g/mol. The van der Waals surface area contributed by atoms with Crippen molar-refractivity contribution in [2.45, 2.75) is 286 Å². The van der Waals surface area contributed by atoms with Gasteiger partial charge >= 0.3 is 34.6 Å². The van der Waals surface area contributed by atoms with Crippen LogP contribution in [-0.4, -0.2) is 162 Å². The minimum Gasteiger partial charge on any atom is -0.479 e. The second kappa shape index (κ2) is 38.8. The summed E-state index contributed by atoms with van der Waals surface area (Å²) in [5, 5.41) is 54.1. The first-order chi connectivity index (χ1) is 45.2. The van der Waals surface area contributed by atoms with Gasteiger partial charge in [0, 0.05) is 12.1 Å². The Morgan fingerprint density at radius 3 is 1.13 bits per heavy atom. The zero-order valence-corrected chi connectivity index (χ0v) is 63.9. The van der Waals surface area contributed by atoms with Crippen LogP contribution >= 0.6 is 7.82 Å². The Labute approximate surface area is 585 Å². The molecule has 17 N–H and O–H groups in total. The summed E-state index contributed by atoms with van der Waals surface area (Å²) < 4.78 is 83.1. The Hall–Kier alpha value is -1.04. The van der Waals surface area contributed by atoms with Crippen molar-refractivity contribution < 1.29 is 78.8 Å². The number of carboxylic acids is 1. The standard InChI is InChI=1S/2C34H65N3O5S.C3H6O3.H3O4P/c2*1-23(2)31(42-43(39,40)41)12-9-24(3)27-10-11-28-32-29(14-16-34(27,28)5)33(4)15-13-26(21-25(33)22-30(32)38)37-20-8-19-36-18-7-6-17-35;1-2(4)3(5)6;1-5(2,3)4/h2*23-32,36-38H,6-22,35H2,1-5H3,(H,39,40,41);2,4H,1H3,(H,5,6);(H3,1,2,3,4)/t2*24-,25-,26+,27-,28+,29+,30-,31-,32+,33+,34-;;/m11../s1. The highest BCUT2D eigenvalue weighted by Gasteiger charge is 2.65. The van der Waals surface area contributed by atoms with Crippen molar-refractivity contribution in [2.75, 3.05) is 52.4 Å². The van der Waals surface area contributed by atoms with E-state index < -0.39 is 52.9 Å². The van der Waals surface area contributed by atoms with Crippen LogP contribution in [0.25, 0.3) is 0 Å². The van der Waals surface area contributed by atoms with Gasteiger partial charge in [0.2, 0.25) is 0 Å². The van der Waals surface area contributed by atoms with Crippen LogP contribution in [0.15, 0.2) is 0 Å². The van der Waals surface area contributed by atoms with Crippen molar-refractivity contribution in [1.29, 1.82) is 0 Å². The number of unbranched alkanes of at least 4 members (excludes halogenated alkanes) is 2. The predicted octanol–water partition coefficient (Wildman–Crippen LogP) is 9.63. The van der Waals surface area contributed by atoms with Crippen molar-refractivity contribution >= 4 is 34.6 Å². The summed E-state index contributed by atoms with van der Waals surface area (Å²) >= 11 is 0. The summed E-state index contributed by atoms with van der Waals surface area (Å²) in [6, 6.07) is 1.15. The zero-order chi connectivity index (χ0) is 72.5. The third kappa shape index (κ3) is 25.1. The van der Waals surface area contributed by atoms with E-state index in [0.29, 0.717) is 107 Å². The van der Waals surface area contributed by atoms with Crippen LogP contribution in [0.2, 0.25) is 0 Å². The fourth-order valence-corrected chi connectivity index (χ4v) is 22.7. The van der Waals surface area contributed by atoms with Gasteiger partial charge in [0.05, 0.1) is 24.4 Å². The Balaban J connectivity index is 0.000000303. The number of hydrogen-bond donors (Lipinski definition) is 15.